The maximum atomic E-state index is 2.52. The summed E-state index contributed by atoms with van der Waals surface area (Å²) >= 11 is 2.52. The Hall–Kier alpha value is 0.650. The zero-order chi connectivity index (χ0) is 9.56. The van der Waals surface area contributed by atoms with Crippen LogP contribution in [-0.4, -0.2) is 40.2 Å². The van der Waals surface area contributed by atoms with Gasteiger partial charge in [0.1, 0.15) is 4.17 Å². The molecule has 0 heterocycles. The van der Waals surface area contributed by atoms with Crippen LogP contribution in [0.4, 0.5) is 0 Å². The molecule has 74 valence electrons. The van der Waals surface area contributed by atoms with Gasteiger partial charge in [-0.1, -0.05) is 27.7 Å². The van der Waals surface area contributed by atoms with Crippen molar-refractivity contribution in [3.05, 3.63) is 0 Å². The van der Waals surface area contributed by atoms with Gasteiger partial charge in [0.05, 0.1) is 0 Å². The van der Waals surface area contributed by atoms with Crippen LogP contribution in [0.15, 0.2) is 0 Å². The number of nitrogens with zero attached hydrogens (tertiary/aromatic N) is 2. The normalized spacial score (nSPS) is 12.0. The third-order valence-electron chi connectivity index (χ3n) is 2.23. The highest BCUT2D eigenvalue weighted by molar-refractivity contribution is 14.1. The van der Waals surface area contributed by atoms with Gasteiger partial charge in [-0.05, 0) is 48.8 Å². The molecule has 0 spiro atoms. The van der Waals surface area contributed by atoms with E-state index in [1.807, 2.05) is 0 Å². The minimum atomic E-state index is 0.563. The Balaban J connectivity index is 4.02. The minimum absolute atomic E-state index is 0.563. The Kier molecular flexibility index (Phi) is 7.48. The van der Waals surface area contributed by atoms with Crippen LogP contribution in [0.2, 0.25) is 0 Å². The van der Waals surface area contributed by atoms with Gasteiger partial charge in [0.2, 0.25) is 0 Å². The van der Waals surface area contributed by atoms with Crippen molar-refractivity contribution in [2.45, 2.75) is 31.9 Å². The molecule has 0 aromatic heterocycles. The number of alkyl halides is 1. The van der Waals surface area contributed by atoms with E-state index in [0.29, 0.717) is 4.17 Å². The van der Waals surface area contributed by atoms with Gasteiger partial charge in [-0.2, -0.15) is 0 Å². The average Bonchev–Trinajstić information content (AvgIpc) is 2.09. The molecule has 0 aromatic rings. The second-order valence-electron chi connectivity index (χ2n) is 2.75. The lowest BCUT2D eigenvalue weighted by atomic mass is 10.5. The van der Waals surface area contributed by atoms with E-state index in [0.717, 1.165) is 26.2 Å². The van der Waals surface area contributed by atoms with Crippen molar-refractivity contribution in [1.29, 1.82) is 0 Å². The molecule has 0 radical (unpaired) electrons. The number of hydrogen-bond donors (Lipinski definition) is 0. The molecule has 12 heavy (non-hydrogen) atoms. The predicted octanol–water partition coefficient (Wildman–Crippen LogP) is 2.39. The van der Waals surface area contributed by atoms with Crippen molar-refractivity contribution >= 4 is 22.6 Å². The first-order chi connectivity index (χ1) is 5.71. The molecule has 0 rings (SSSR count). The molecule has 0 aliphatic heterocycles. The molecule has 0 N–H and O–H groups in total. The Bertz CT molecular complexity index is 88.7. The largest absolute Gasteiger partial charge is 0.280 e. The lowest BCUT2D eigenvalue weighted by Gasteiger charge is -2.33. The predicted molar refractivity (Wildman–Crippen MR) is 63.7 cm³/mol. The second-order valence-corrected chi connectivity index (χ2v) is 3.87. The van der Waals surface area contributed by atoms with E-state index in [1.165, 1.54) is 0 Å². The van der Waals surface area contributed by atoms with Gasteiger partial charge >= 0.3 is 0 Å². The maximum absolute atomic E-state index is 2.52. The van der Waals surface area contributed by atoms with E-state index in [9.17, 15) is 0 Å². The van der Waals surface area contributed by atoms with E-state index >= 15 is 0 Å². The van der Waals surface area contributed by atoms with Crippen molar-refractivity contribution in [1.82, 2.24) is 9.80 Å². The summed E-state index contributed by atoms with van der Waals surface area (Å²) in [6, 6.07) is 0. The molecule has 0 saturated heterocycles. The summed E-state index contributed by atoms with van der Waals surface area (Å²) in [5, 5.41) is 0. The summed E-state index contributed by atoms with van der Waals surface area (Å²) in [5.74, 6) is 0. The number of hydrogen-bond acceptors (Lipinski definition) is 2. The van der Waals surface area contributed by atoms with Crippen LogP contribution in [0.1, 0.15) is 27.7 Å². The number of rotatable bonds is 6. The Morgan fingerprint density at radius 2 is 1.08 bits per heavy atom. The molecule has 2 nitrogen and oxygen atoms in total. The Labute approximate surface area is 90.4 Å². The van der Waals surface area contributed by atoms with Gasteiger partial charge in [-0.25, -0.2) is 0 Å². The minimum Gasteiger partial charge on any atom is -0.280 e. The van der Waals surface area contributed by atoms with E-state index in [2.05, 4.69) is 60.1 Å². The monoisotopic (exact) mass is 284 g/mol. The SMILES string of the molecule is CCN(CC)C(I)N(CC)CC. The van der Waals surface area contributed by atoms with Crippen LogP contribution in [0, 0.1) is 0 Å². The zero-order valence-electron chi connectivity index (χ0n) is 8.68. The summed E-state index contributed by atoms with van der Waals surface area (Å²) in [7, 11) is 0. The number of halogens is 1. The average molecular weight is 284 g/mol. The lowest BCUT2D eigenvalue weighted by molar-refractivity contribution is 0.137. The van der Waals surface area contributed by atoms with Crippen LogP contribution in [-0.2, 0) is 0 Å². The van der Waals surface area contributed by atoms with Gasteiger partial charge in [0.25, 0.3) is 0 Å². The molecule has 0 amide bonds. The molecular formula is C9H21IN2. The van der Waals surface area contributed by atoms with E-state index in [1.54, 1.807) is 0 Å². The van der Waals surface area contributed by atoms with Crippen LogP contribution in [0.3, 0.4) is 0 Å². The Morgan fingerprint density at radius 3 is 1.25 bits per heavy atom. The van der Waals surface area contributed by atoms with Crippen molar-refractivity contribution in [3.8, 4) is 0 Å². The Morgan fingerprint density at radius 1 is 0.833 bits per heavy atom. The highest BCUT2D eigenvalue weighted by Gasteiger charge is 2.16. The van der Waals surface area contributed by atoms with Crippen molar-refractivity contribution in [3.63, 3.8) is 0 Å². The van der Waals surface area contributed by atoms with Gasteiger partial charge in [0, 0.05) is 0 Å². The quantitative estimate of drug-likeness (QED) is 0.320. The van der Waals surface area contributed by atoms with Crippen LogP contribution in [0.25, 0.3) is 0 Å². The standard InChI is InChI=1S/C9H21IN2/c1-5-11(6-2)9(10)12(7-3)8-4/h9H,5-8H2,1-4H3. The molecular weight excluding hydrogens is 263 g/mol. The van der Waals surface area contributed by atoms with Crippen molar-refractivity contribution < 1.29 is 0 Å². The smallest absolute Gasteiger partial charge is 0.116 e. The first-order valence-corrected chi connectivity index (χ1v) is 6.07. The fourth-order valence-corrected chi connectivity index (χ4v) is 2.86. The molecule has 0 bridgehead atoms. The van der Waals surface area contributed by atoms with Crippen LogP contribution >= 0.6 is 22.6 Å². The molecule has 3 heteroatoms. The topological polar surface area (TPSA) is 6.48 Å². The molecule has 0 aromatic carbocycles. The second kappa shape index (κ2) is 7.09. The first-order valence-electron chi connectivity index (χ1n) is 4.83. The third kappa shape index (κ3) is 3.58. The molecule has 0 fully saturated rings. The summed E-state index contributed by atoms with van der Waals surface area (Å²) in [4.78, 5) is 4.93. The molecule has 0 aliphatic carbocycles. The van der Waals surface area contributed by atoms with Crippen LogP contribution < -0.4 is 0 Å². The van der Waals surface area contributed by atoms with Crippen molar-refractivity contribution in [2.75, 3.05) is 26.2 Å². The van der Waals surface area contributed by atoms with Gasteiger partial charge in [-0.3, -0.25) is 9.80 Å². The fourth-order valence-electron chi connectivity index (χ4n) is 1.28. The zero-order valence-corrected chi connectivity index (χ0v) is 10.8. The highest BCUT2D eigenvalue weighted by atomic mass is 127. The third-order valence-corrected chi connectivity index (χ3v) is 3.80. The van der Waals surface area contributed by atoms with Gasteiger partial charge in [-0.15, -0.1) is 0 Å². The van der Waals surface area contributed by atoms with E-state index in [4.69, 9.17) is 0 Å². The van der Waals surface area contributed by atoms with Gasteiger partial charge < -0.3 is 0 Å². The van der Waals surface area contributed by atoms with Crippen molar-refractivity contribution in [2.24, 2.45) is 0 Å². The first kappa shape index (κ1) is 12.7. The highest BCUT2D eigenvalue weighted by Crippen LogP contribution is 2.12. The van der Waals surface area contributed by atoms with E-state index in [-0.39, 0.29) is 0 Å². The molecule has 0 saturated carbocycles. The molecule has 0 atom stereocenters. The maximum Gasteiger partial charge on any atom is 0.116 e. The summed E-state index contributed by atoms with van der Waals surface area (Å²) in [6.07, 6.45) is 0. The van der Waals surface area contributed by atoms with Crippen LogP contribution in [0.5, 0.6) is 0 Å². The lowest BCUT2D eigenvalue weighted by Crippen LogP contribution is -2.44. The fraction of sp³-hybridized carbons (Fsp3) is 1.00. The molecule has 0 aliphatic rings. The van der Waals surface area contributed by atoms with E-state index < -0.39 is 0 Å². The van der Waals surface area contributed by atoms with Gasteiger partial charge in [0.15, 0.2) is 0 Å². The summed E-state index contributed by atoms with van der Waals surface area (Å²) in [5.41, 5.74) is 0. The summed E-state index contributed by atoms with van der Waals surface area (Å²) in [6.45, 7) is 13.4. The molecule has 0 unspecified atom stereocenters. The summed E-state index contributed by atoms with van der Waals surface area (Å²) < 4.78 is 0.563.